The van der Waals surface area contributed by atoms with Gasteiger partial charge >= 0.3 is 0 Å². The second-order valence-electron chi connectivity index (χ2n) is 4.08. The summed E-state index contributed by atoms with van der Waals surface area (Å²) in [5.41, 5.74) is 0. The lowest BCUT2D eigenvalue weighted by atomic mass is 10.2. The second kappa shape index (κ2) is 5.88. The van der Waals surface area contributed by atoms with Crippen LogP contribution < -0.4 is 5.32 Å². The fraction of sp³-hybridized carbons (Fsp3) is 0.417. The number of nitrogens with zero attached hydrogens (tertiary/aromatic N) is 2. The monoisotopic (exact) mass is 299 g/mol. The van der Waals surface area contributed by atoms with E-state index in [2.05, 4.69) is 22.1 Å². The zero-order chi connectivity index (χ0) is 13.9. The zero-order valence-corrected chi connectivity index (χ0v) is 12.0. The van der Waals surface area contributed by atoms with Crippen molar-refractivity contribution in [3.8, 4) is 11.8 Å². The van der Waals surface area contributed by atoms with E-state index in [0.717, 1.165) is 0 Å². The predicted molar refractivity (Wildman–Crippen MR) is 73.2 cm³/mol. The summed E-state index contributed by atoms with van der Waals surface area (Å²) in [7, 11) is -3.53. The normalized spacial score (nSPS) is 20.6. The van der Waals surface area contributed by atoms with Crippen molar-refractivity contribution in [3.63, 3.8) is 0 Å². The summed E-state index contributed by atoms with van der Waals surface area (Å²) in [6.45, 7) is 3.08. The van der Waals surface area contributed by atoms with E-state index in [1.54, 1.807) is 6.92 Å². The van der Waals surface area contributed by atoms with E-state index < -0.39 is 10.0 Å². The maximum Gasteiger partial charge on any atom is 0.244 e. The number of aromatic nitrogens is 1. The first-order valence-electron chi connectivity index (χ1n) is 5.81. The molecule has 5 nitrogen and oxygen atoms in total. The van der Waals surface area contributed by atoms with Gasteiger partial charge in [0.2, 0.25) is 10.0 Å². The van der Waals surface area contributed by atoms with Gasteiger partial charge in [-0.1, -0.05) is 17.5 Å². The molecule has 1 saturated heterocycles. The Morgan fingerprint density at radius 2 is 2.32 bits per heavy atom. The Balaban J connectivity index is 2.23. The molecule has 2 heterocycles. The van der Waals surface area contributed by atoms with Crippen LogP contribution in [0.1, 0.15) is 6.92 Å². The van der Waals surface area contributed by atoms with Gasteiger partial charge < -0.3 is 5.32 Å². The molecule has 7 heteroatoms. The molecule has 102 valence electrons. The summed E-state index contributed by atoms with van der Waals surface area (Å²) in [5.74, 6) is 5.74. The highest BCUT2D eigenvalue weighted by Gasteiger charge is 2.29. The molecule has 0 spiro atoms. The van der Waals surface area contributed by atoms with Gasteiger partial charge in [-0.3, -0.25) is 0 Å². The summed E-state index contributed by atoms with van der Waals surface area (Å²) in [6.07, 6.45) is 1.28. The number of pyridine rings is 1. The van der Waals surface area contributed by atoms with Crippen molar-refractivity contribution in [3.05, 3.63) is 23.5 Å². The van der Waals surface area contributed by atoms with Crippen LogP contribution in [0.3, 0.4) is 0 Å². The lowest BCUT2D eigenvalue weighted by molar-refractivity contribution is 0.331. The smallest absolute Gasteiger partial charge is 0.244 e. The molecule has 19 heavy (non-hydrogen) atoms. The number of rotatable bonds is 2. The van der Waals surface area contributed by atoms with E-state index >= 15 is 0 Å². The topological polar surface area (TPSA) is 62.3 Å². The third kappa shape index (κ3) is 3.25. The average Bonchev–Trinajstić information content (AvgIpc) is 2.40. The van der Waals surface area contributed by atoms with Gasteiger partial charge in [0.1, 0.15) is 10.0 Å². The number of hydrogen-bond acceptors (Lipinski definition) is 4. The zero-order valence-electron chi connectivity index (χ0n) is 10.4. The van der Waals surface area contributed by atoms with Crippen molar-refractivity contribution in [2.45, 2.75) is 17.9 Å². The third-order valence-electron chi connectivity index (χ3n) is 2.79. The van der Waals surface area contributed by atoms with Crippen molar-refractivity contribution in [2.24, 2.45) is 0 Å². The number of hydrogen-bond donors (Lipinski definition) is 1. The van der Waals surface area contributed by atoms with Crippen molar-refractivity contribution < 1.29 is 8.42 Å². The maximum atomic E-state index is 12.4. The average molecular weight is 300 g/mol. The Hall–Kier alpha value is -1.13. The van der Waals surface area contributed by atoms with Crippen LogP contribution in [0, 0.1) is 11.8 Å². The van der Waals surface area contributed by atoms with E-state index in [9.17, 15) is 8.42 Å². The first kappa shape index (κ1) is 14.3. The minimum atomic E-state index is -3.53. The summed E-state index contributed by atoms with van der Waals surface area (Å²) < 4.78 is 26.3. The highest BCUT2D eigenvalue weighted by atomic mass is 35.5. The van der Waals surface area contributed by atoms with Gasteiger partial charge in [0.05, 0.1) is 6.04 Å². The molecule has 1 aliphatic rings. The molecule has 1 N–H and O–H groups in total. The van der Waals surface area contributed by atoms with Gasteiger partial charge in [0.25, 0.3) is 0 Å². The third-order valence-corrected chi connectivity index (χ3v) is 4.87. The van der Waals surface area contributed by atoms with Crippen LogP contribution in [0.4, 0.5) is 0 Å². The lowest BCUT2D eigenvalue weighted by Crippen LogP contribution is -2.51. The van der Waals surface area contributed by atoms with E-state index in [1.807, 2.05) is 0 Å². The van der Waals surface area contributed by atoms with Crippen molar-refractivity contribution in [2.75, 3.05) is 19.6 Å². The molecular formula is C12H14ClN3O2S. The largest absolute Gasteiger partial charge is 0.301 e. The van der Waals surface area contributed by atoms with E-state index in [1.165, 1.54) is 22.6 Å². The fourth-order valence-electron chi connectivity index (χ4n) is 1.88. The molecule has 1 aromatic heterocycles. The Labute approximate surface area is 118 Å². The molecule has 1 atom stereocenters. The van der Waals surface area contributed by atoms with Crippen LogP contribution in [0.2, 0.25) is 5.15 Å². The van der Waals surface area contributed by atoms with Gasteiger partial charge in [-0.15, -0.1) is 5.92 Å². The number of halogens is 1. The molecule has 1 aliphatic heterocycles. The molecular weight excluding hydrogens is 286 g/mol. The molecule has 0 radical (unpaired) electrons. The fourth-order valence-corrected chi connectivity index (χ4v) is 3.39. The number of sulfonamides is 1. The molecule has 0 aromatic carbocycles. The minimum Gasteiger partial charge on any atom is -0.301 e. The van der Waals surface area contributed by atoms with Crippen LogP contribution in [0.5, 0.6) is 0 Å². The summed E-state index contributed by atoms with van der Waals surface area (Å²) in [5, 5.41) is 3.44. The van der Waals surface area contributed by atoms with Gasteiger partial charge in [-0.2, -0.15) is 4.31 Å². The molecule has 2 rings (SSSR count). The SMILES string of the molecule is CC#C[C@@H]1CN(S(=O)(=O)c2ccc(Cl)nc2)CCN1. The molecule has 0 bridgehead atoms. The van der Waals surface area contributed by atoms with Gasteiger partial charge in [0, 0.05) is 25.8 Å². The van der Waals surface area contributed by atoms with Crippen molar-refractivity contribution in [1.29, 1.82) is 0 Å². The van der Waals surface area contributed by atoms with E-state index in [0.29, 0.717) is 19.6 Å². The quantitative estimate of drug-likeness (QED) is 0.646. The molecule has 0 amide bonds. The predicted octanol–water partition coefficient (Wildman–Crippen LogP) is 0.721. The first-order chi connectivity index (χ1) is 9.04. The number of piperazine rings is 1. The van der Waals surface area contributed by atoms with Crippen LogP contribution in [0.15, 0.2) is 23.2 Å². The summed E-state index contributed by atoms with van der Waals surface area (Å²) >= 11 is 5.66. The Bertz CT molecular complexity index is 604. The molecule has 0 unspecified atom stereocenters. The first-order valence-corrected chi connectivity index (χ1v) is 7.63. The lowest BCUT2D eigenvalue weighted by Gasteiger charge is -2.30. The maximum absolute atomic E-state index is 12.4. The van der Waals surface area contributed by atoms with E-state index in [4.69, 9.17) is 11.6 Å². The van der Waals surface area contributed by atoms with E-state index in [-0.39, 0.29) is 16.1 Å². The van der Waals surface area contributed by atoms with Gasteiger partial charge in [-0.25, -0.2) is 13.4 Å². The van der Waals surface area contributed by atoms with Crippen LogP contribution in [-0.2, 0) is 10.0 Å². The second-order valence-corrected chi connectivity index (χ2v) is 6.41. The Kier molecular flexibility index (Phi) is 4.42. The van der Waals surface area contributed by atoms with Gasteiger partial charge in [0.15, 0.2) is 0 Å². The standard InChI is InChI=1S/C12H14ClN3O2S/c1-2-3-10-9-16(7-6-14-10)19(17,18)11-4-5-12(13)15-8-11/h4-5,8,10,14H,6-7,9H2,1H3/t10-/m1/s1. The summed E-state index contributed by atoms with van der Waals surface area (Å²) in [6, 6.07) is 2.81. The van der Waals surface area contributed by atoms with Crippen LogP contribution in [-0.4, -0.2) is 43.4 Å². The summed E-state index contributed by atoms with van der Waals surface area (Å²) in [4.78, 5) is 3.97. The Morgan fingerprint density at radius 3 is 2.95 bits per heavy atom. The van der Waals surface area contributed by atoms with Crippen molar-refractivity contribution >= 4 is 21.6 Å². The highest BCUT2D eigenvalue weighted by Crippen LogP contribution is 2.17. The highest BCUT2D eigenvalue weighted by molar-refractivity contribution is 7.89. The number of nitrogens with one attached hydrogen (secondary N) is 1. The van der Waals surface area contributed by atoms with Crippen LogP contribution >= 0.6 is 11.6 Å². The van der Waals surface area contributed by atoms with Crippen LogP contribution in [0.25, 0.3) is 0 Å². The van der Waals surface area contributed by atoms with Gasteiger partial charge in [-0.05, 0) is 19.1 Å². The molecule has 0 saturated carbocycles. The van der Waals surface area contributed by atoms with Crippen molar-refractivity contribution in [1.82, 2.24) is 14.6 Å². The molecule has 1 aromatic rings. The molecule has 1 fully saturated rings. The minimum absolute atomic E-state index is 0.131. The molecule has 0 aliphatic carbocycles. The Morgan fingerprint density at radius 1 is 1.53 bits per heavy atom.